The normalized spacial score (nSPS) is 13.4. The number of halogens is 2. The van der Waals surface area contributed by atoms with E-state index in [1.807, 2.05) is 6.92 Å². The summed E-state index contributed by atoms with van der Waals surface area (Å²) in [6.07, 6.45) is 0.617. The predicted molar refractivity (Wildman–Crippen MR) is 33.9 cm³/mol. The first-order valence-electron chi connectivity index (χ1n) is 2.27. The van der Waals surface area contributed by atoms with Crippen molar-refractivity contribution in [1.29, 1.82) is 0 Å². The molecular formula is C4H7Cl2NO. The third-order valence-electron chi connectivity index (χ3n) is 0.814. The highest BCUT2D eigenvalue weighted by Crippen LogP contribution is 1.96. The smallest absolute Gasteiger partial charge is 0.239 e. The highest BCUT2D eigenvalue weighted by atomic mass is 35.5. The van der Waals surface area contributed by atoms with Gasteiger partial charge in [0.05, 0.1) is 6.04 Å². The second-order valence-electron chi connectivity index (χ2n) is 1.37. The molecule has 0 aliphatic carbocycles. The Balaban J connectivity index is 3.52. The van der Waals surface area contributed by atoms with E-state index in [4.69, 9.17) is 23.4 Å². The average Bonchev–Trinajstić information content (AvgIpc) is 1.69. The second kappa shape index (κ2) is 4.13. The van der Waals surface area contributed by atoms with Crippen molar-refractivity contribution >= 4 is 28.6 Å². The largest absolute Gasteiger partial charge is 0.279 e. The summed E-state index contributed by atoms with van der Waals surface area (Å²) in [4.78, 5) is 12.5. The van der Waals surface area contributed by atoms with Crippen LogP contribution < -0.4 is 4.84 Å². The van der Waals surface area contributed by atoms with Crippen LogP contribution in [0.3, 0.4) is 0 Å². The maximum absolute atomic E-state index is 10.2. The lowest BCUT2D eigenvalue weighted by molar-refractivity contribution is -0.113. The second-order valence-corrected chi connectivity index (χ2v) is 1.96. The van der Waals surface area contributed by atoms with Crippen LogP contribution in [0.2, 0.25) is 0 Å². The van der Waals surface area contributed by atoms with Crippen molar-refractivity contribution in [1.82, 2.24) is 4.84 Å². The van der Waals surface area contributed by atoms with Crippen molar-refractivity contribution in [3.63, 3.8) is 0 Å². The zero-order valence-corrected chi connectivity index (χ0v) is 5.96. The van der Waals surface area contributed by atoms with E-state index in [1.165, 1.54) is 0 Å². The summed E-state index contributed by atoms with van der Waals surface area (Å²) in [7, 11) is 0. The molecule has 1 unspecified atom stereocenters. The van der Waals surface area contributed by atoms with Gasteiger partial charge in [-0.3, -0.25) is 4.79 Å². The molecule has 0 aliphatic heterocycles. The van der Waals surface area contributed by atoms with Crippen LogP contribution in [0.25, 0.3) is 0 Å². The lowest BCUT2D eigenvalue weighted by Crippen LogP contribution is -2.25. The SMILES string of the molecule is CCC(NCl)C(=O)Cl. The number of carbonyl (C=O) groups is 1. The Kier molecular flexibility index (Phi) is 4.23. The maximum atomic E-state index is 10.2. The van der Waals surface area contributed by atoms with E-state index in [0.29, 0.717) is 6.42 Å². The Labute approximate surface area is 58.3 Å². The molecule has 0 rings (SSSR count). The van der Waals surface area contributed by atoms with Gasteiger partial charge in [-0.1, -0.05) is 6.92 Å². The van der Waals surface area contributed by atoms with Gasteiger partial charge in [-0.25, -0.2) is 4.84 Å². The van der Waals surface area contributed by atoms with Crippen LogP contribution in [0, 0.1) is 0 Å². The Morgan fingerprint density at radius 3 is 2.38 bits per heavy atom. The van der Waals surface area contributed by atoms with E-state index in [2.05, 4.69) is 4.84 Å². The van der Waals surface area contributed by atoms with E-state index in [9.17, 15) is 4.79 Å². The molecule has 0 amide bonds. The quantitative estimate of drug-likeness (QED) is 0.492. The van der Waals surface area contributed by atoms with Gasteiger partial charge in [0, 0.05) is 0 Å². The molecular weight excluding hydrogens is 149 g/mol. The molecule has 0 bridgehead atoms. The van der Waals surface area contributed by atoms with Gasteiger partial charge in [0.25, 0.3) is 0 Å². The van der Waals surface area contributed by atoms with E-state index in [-0.39, 0.29) is 0 Å². The third kappa shape index (κ3) is 2.50. The predicted octanol–water partition coefficient (Wildman–Crippen LogP) is 1.27. The van der Waals surface area contributed by atoms with Gasteiger partial charge in [0.2, 0.25) is 5.24 Å². The van der Waals surface area contributed by atoms with Gasteiger partial charge >= 0.3 is 0 Å². The Morgan fingerprint density at radius 2 is 2.38 bits per heavy atom. The average molecular weight is 156 g/mol. The van der Waals surface area contributed by atoms with Crippen LogP contribution in [0.5, 0.6) is 0 Å². The van der Waals surface area contributed by atoms with Crippen LogP contribution in [-0.2, 0) is 4.79 Å². The third-order valence-corrected chi connectivity index (χ3v) is 1.34. The molecule has 1 atom stereocenters. The summed E-state index contributed by atoms with van der Waals surface area (Å²) in [5.74, 6) is 0. The number of carbonyl (C=O) groups excluding carboxylic acids is 1. The molecule has 2 nitrogen and oxygen atoms in total. The molecule has 0 aromatic carbocycles. The Hall–Kier alpha value is 0.210. The first kappa shape index (κ1) is 8.21. The zero-order valence-electron chi connectivity index (χ0n) is 4.45. The van der Waals surface area contributed by atoms with Gasteiger partial charge < -0.3 is 0 Å². The van der Waals surface area contributed by atoms with Gasteiger partial charge in [0.15, 0.2) is 0 Å². The van der Waals surface area contributed by atoms with Gasteiger partial charge in [-0.05, 0) is 29.8 Å². The summed E-state index contributed by atoms with van der Waals surface area (Å²) in [5, 5.41) is -0.442. The van der Waals surface area contributed by atoms with Crippen molar-refractivity contribution in [3.8, 4) is 0 Å². The summed E-state index contributed by atoms with van der Waals surface area (Å²) < 4.78 is 0. The summed E-state index contributed by atoms with van der Waals surface area (Å²) in [6.45, 7) is 1.82. The topological polar surface area (TPSA) is 29.1 Å². The Bertz CT molecular complexity index is 82.1. The molecule has 0 heterocycles. The molecule has 4 heteroatoms. The molecule has 0 radical (unpaired) electrons. The fourth-order valence-electron chi connectivity index (χ4n) is 0.281. The fraction of sp³-hybridized carbons (Fsp3) is 0.750. The van der Waals surface area contributed by atoms with Crippen molar-refractivity contribution in [2.75, 3.05) is 0 Å². The highest BCUT2D eigenvalue weighted by Gasteiger charge is 2.10. The highest BCUT2D eigenvalue weighted by molar-refractivity contribution is 6.65. The van der Waals surface area contributed by atoms with Gasteiger partial charge in [-0.15, -0.1) is 0 Å². The van der Waals surface area contributed by atoms with Crippen LogP contribution in [0.1, 0.15) is 13.3 Å². The minimum Gasteiger partial charge on any atom is -0.279 e. The minimum absolute atomic E-state index is 0.404. The summed E-state index contributed by atoms with van der Waals surface area (Å²) in [5.41, 5.74) is 0. The van der Waals surface area contributed by atoms with Crippen LogP contribution in [0.15, 0.2) is 0 Å². The lowest BCUT2D eigenvalue weighted by Gasteiger charge is -2.02. The van der Waals surface area contributed by atoms with Crippen LogP contribution in [-0.4, -0.2) is 11.3 Å². The van der Waals surface area contributed by atoms with E-state index in [1.54, 1.807) is 0 Å². The summed E-state index contributed by atoms with van der Waals surface area (Å²) in [6, 6.07) is -0.404. The molecule has 1 N–H and O–H groups in total. The van der Waals surface area contributed by atoms with Crippen molar-refractivity contribution in [2.24, 2.45) is 0 Å². The molecule has 0 aromatic heterocycles. The molecule has 8 heavy (non-hydrogen) atoms. The number of hydrogen-bond acceptors (Lipinski definition) is 2. The van der Waals surface area contributed by atoms with E-state index < -0.39 is 11.3 Å². The monoisotopic (exact) mass is 155 g/mol. The molecule has 48 valence electrons. The fourth-order valence-corrected chi connectivity index (χ4v) is 0.799. The molecule has 0 aromatic rings. The standard InChI is InChI=1S/C4H7Cl2NO/c1-2-3(7-6)4(5)8/h3,7H,2H2,1H3. The zero-order chi connectivity index (χ0) is 6.57. The maximum Gasteiger partial charge on any atom is 0.239 e. The van der Waals surface area contributed by atoms with Crippen LogP contribution >= 0.6 is 23.4 Å². The van der Waals surface area contributed by atoms with E-state index >= 15 is 0 Å². The number of rotatable bonds is 3. The Morgan fingerprint density at radius 1 is 1.88 bits per heavy atom. The van der Waals surface area contributed by atoms with Crippen LogP contribution in [0.4, 0.5) is 0 Å². The van der Waals surface area contributed by atoms with Crippen molar-refractivity contribution in [2.45, 2.75) is 19.4 Å². The van der Waals surface area contributed by atoms with E-state index in [0.717, 1.165) is 0 Å². The van der Waals surface area contributed by atoms with Gasteiger partial charge in [-0.2, -0.15) is 0 Å². The first-order valence-corrected chi connectivity index (χ1v) is 3.03. The molecule has 0 spiro atoms. The lowest BCUT2D eigenvalue weighted by atomic mass is 10.3. The van der Waals surface area contributed by atoms with Crippen molar-refractivity contribution in [3.05, 3.63) is 0 Å². The minimum atomic E-state index is -0.442. The first-order chi connectivity index (χ1) is 3.72. The van der Waals surface area contributed by atoms with Gasteiger partial charge in [0.1, 0.15) is 0 Å². The molecule has 0 saturated carbocycles. The molecule has 0 fully saturated rings. The number of hydrogen-bond donors (Lipinski definition) is 1. The number of nitrogens with one attached hydrogen (secondary N) is 1. The van der Waals surface area contributed by atoms with Crippen molar-refractivity contribution < 1.29 is 4.79 Å². The molecule has 0 saturated heterocycles. The molecule has 0 aliphatic rings. The summed E-state index contributed by atoms with van der Waals surface area (Å²) >= 11 is 10.2.